The van der Waals surface area contributed by atoms with E-state index < -0.39 is 12.4 Å². The number of aromatic nitrogens is 2. The highest BCUT2D eigenvalue weighted by atomic mass is 32.1. The minimum atomic E-state index is -4.77. The van der Waals surface area contributed by atoms with Crippen LogP contribution in [0.15, 0.2) is 48.5 Å². The molecule has 0 radical (unpaired) electrons. The van der Waals surface area contributed by atoms with Gasteiger partial charge in [0.2, 0.25) is 5.91 Å². The third kappa shape index (κ3) is 7.03. The van der Waals surface area contributed by atoms with Crippen LogP contribution >= 0.6 is 11.3 Å². The van der Waals surface area contributed by atoms with Gasteiger partial charge < -0.3 is 15.0 Å². The molecule has 1 amide bonds. The average Bonchev–Trinajstić information content (AvgIpc) is 3.17. The van der Waals surface area contributed by atoms with E-state index in [0.717, 1.165) is 12.1 Å². The van der Waals surface area contributed by atoms with Gasteiger partial charge in [-0.2, -0.15) is 0 Å². The lowest BCUT2D eigenvalue weighted by Gasteiger charge is -2.16. The van der Waals surface area contributed by atoms with Crippen molar-refractivity contribution >= 4 is 17.2 Å². The van der Waals surface area contributed by atoms with Gasteiger partial charge in [0.1, 0.15) is 15.8 Å². The third-order valence-electron chi connectivity index (χ3n) is 4.39. The van der Waals surface area contributed by atoms with Crippen LogP contribution in [-0.2, 0) is 17.8 Å². The maximum absolute atomic E-state index is 12.5. The molecule has 6 nitrogen and oxygen atoms in total. The Kier molecular flexibility index (Phi) is 7.47. The van der Waals surface area contributed by atoms with E-state index in [1.54, 1.807) is 6.07 Å². The molecule has 2 aromatic carbocycles. The van der Waals surface area contributed by atoms with Crippen molar-refractivity contribution in [1.82, 2.24) is 20.4 Å². The fraction of sp³-hybridized carbons (Fsp3) is 0.318. The fourth-order valence-electron chi connectivity index (χ4n) is 3.15. The van der Waals surface area contributed by atoms with Crippen LogP contribution in [0.4, 0.5) is 13.2 Å². The molecule has 1 aromatic heterocycles. The van der Waals surface area contributed by atoms with Crippen molar-refractivity contribution in [1.29, 1.82) is 0 Å². The number of nitrogens with zero attached hydrogens (tertiary/aromatic N) is 3. The molecule has 3 rings (SSSR count). The van der Waals surface area contributed by atoms with Gasteiger partial charge in [-0.1, -0.05) is 47.7 Å². The number of halogens is 3. The SMILES string of the molecule is CC(=O)N[C@@H](Cc1ccc(CN(C)C)cc1)c1nnc(-c2cccc(OC(F)(F)F)c2)s1. The van der Waals surface area contributed by atoms with Gasteiger partial charge >= 0.3 is 6.36 Å². The molecule has 1 atom stereocenters. The van der Waals surface area contributed by atoms with Gasteiger partial charge in [-0.3, -0.25) is 4.79 Å². The van der Waals surface area contributed by atoms with Gasteiger partial charge in [0.15, 0.2) is 0 Å². The normalized spacial score (nSPS) is 12.6. The summed E-state index contributed by atoms with van der Waals surface area (Å²) >= 11 is 1.21. The van der Waals surface area contributed by atoms with Crippen molar-refractivity contribution in [3.05, 3.63) is 64.7 Å². The number of carbonyl (C=O) groups is 1. The Balaban J connectivity index is 1.80. The number of hydrogen-bond acceptors (Lipinski definition) is 6. The second-order valence-corrected chi connectivity index (χ2v) is 8.54. The average molecular weight is 465 g/mol. The Morgan fingerprint density at radius 1 is 1.12 bits per heavy atom. The molecule has 0 unspecified atom stereocenters. The van der Waals surface area contributed by atoms with E-state index in [-0.39, 0.29) is 11.7 Å². The number of nitrogens with one attached hydrogen (secondary N) is 1. The lowest BCUT2D eigenvalue weighted by molar-refractivity contribution is -0.274. The van der Waals surface area contributed by atoms with Crippen LogP contribution in [0.25, 0.3) is 10.6 Å². The zero-order chi connectivity index (χ0) is 23.3. The van der Waals surface area contributed by atoms with Crippen LogP contribution in [0, 0.1) is 0 Å². The molecule has 0 aliphatic heterocycles. The van der Waals surface area contributed by atoms with Crippen molar-refractivity contribution in [3.63, 3.8) is 0 Å². The van der Waals surface area contributed by atoms with Gasteiger partial charge in [0.25, 0.3) is 0 Å². The van der Waals surface area contributed by atoms with Gasteiger partial charge in [0.05, 0.1) is 6.04 Å². The van der Waals surface area contributed by atoms with E-state index in [4.69, 9.17) is 0 Å². The number of benzene rings is 2. The lowest BCUT2D eigenvalue weighted by atomic mass is 10.0. The topological polar surface area (TPSA) is 67.4 Å². The van der Waals surface area contributed by atoms with E-state index in [0.29, 0.717) is 22.0 Å². The standard InChI is InChI=1S/C22H23F3N4O2S/c1-14(30)26-19(11-15-7-9-16(10-8-15)13-29(2)3)21-28-27-20(32-21)17-5-4-6-18(12-17)31-22(23,24)25/h4-10,12,19H,11,13H2,1-3H3,(H,26,30)/t19-/m0/s1. The van der Waals surface area contributed by atoms with E-state index in [1.807, 2.05) is 38.4 Å². The smallest absolute Gasteiger partial charge is 0.406 e. The van der Waals surface area contributed by atoms with Gasteiger partial charge in [-0.05, 0) is 43.8 Å². The second kappa shape index (κ2) is 10.1. The molecule has 0 saturated carbocycles. The largest absolute Gasteiger partial charge is 0.573 e. The van der Waals surface area contributed by atoms with Crippen LogP contribution in [0.5, 0.6) is 5.75 Å². The number of amides is 1. The van der Waals surface area contributed by atoms with Crippen molar-refractivity contribution in [3.8, 4) is 16.3 Å². The highest BCUT2D eigenvalue weighted by Gasteiger charge is 2.31. The van der Waals surface area contributed by atoms with E-state index in [2.05, 4.69) is 25.2 Å². The molecule has 0 aliphatic carbocycles. The van der Waals surface area contributed by atoms with Gasteiger partial charge in [-0.15, -0.1) is 23.4 Å². The molecule has 1 heterocycles. The monoisotopic (exact) mass is 464 g/mol. The molecule has 170 valence electrons. The Morgan fingerprint density at radius 3 is 2.44 bits per heavy atom. The van der Waals surface area contributed by atoms with Crippen molar-refractivity contribution < 1.29 is 22.7 Å². The summed E-state index contributed by atoms with van der Waals surface area (Å²) in [6.07, 6.45) is -4.27. The van der Waals surface area contributed by atoms with Crippen LogP contribution < -0.4 is 10.1 Å². The molecule has 0 aliphatic rings. The van der Waals surface area contributed by atoms with Crippen LogP contribution in [0.1, 0.15) is 29.1 Å². The molecule has 1 N–H and O–H groups in total. The maximum Gasteiger partial charge on any atom is 0.573 e. The summed E-state index contributed by atoms with van der Waals surface area (Å²) < 4.78 is 41.5. The summed E-state index contributed by atoms with van der Waals surface area (Å²) in [5.41, 5.74) is 2.64. The minimum Gasteiger partial charge on any atom is -0.406 e. The molecule has 10 heteroatoms. The molecule has 3 aromatic rings. The first-order chi connectivity index (χ1) is 15.1. The Hall–Kier alpha value is -2.98. The second-order valence-electron chi connectivity index (χ2n) is 7.53. The molecule has 0 spiro atoms. The first-order valence-electron chi connectivity index (χ1n) is 9.78. The predicted molar refractivity (Wildman–Crippen MR) is 116 cm³/mol. The van der Waals surface area contributed by atoms with Gasteiger partial charge in [-0.25, -0.2) is 0 Å². The van der Waals surface area contributed by atoms with Crippen molar-refractivity contribution in [2.45, 2.75) is 32.3 Å². The molecule has 0 bridgehead atoms. The Morgan fingerprint density at radius 2 is 1.81 bits per heavy atom. The van der Waals surface area contributed by atoms with Gasteiger partial charge in [0, 0.05) is 19.0 Å². The predicted octanol–water partition coefficient (Wildman–Crippen LogP) is 4.59. The summed E-state index contributed by atoms with van der Waals surface area (Å²) in [7, 11) is 4.00. The highest BCUT2D eigenvalue weighted by Crippen LogP contribution is 2.32. The van der Waals surface area contributed by atoms with Crippen molar-refractivity contribution in [2.75, 3.05) is 14.1 Å². The Labute approximate surface area is 188 Å². The summed E-state index contributed by atoms with van der Waals surface area (Å²) in [5.74, 6) is -0.542. The third-order valence-corrected chi connectivity index (χ3v) is 5.48. The Bertz CT molecular complexity index is 1050. The number of rotatable bonds is 8. The maximum atomic E-state index is 12.5. The fourth-order valence-corrected chi connectivity index (χ4v) is 4.04. The van der Waals surface area contributed by atoms with E-state index >= 15 is 0 Å². The first-order valence-corrected chi connectivity index (χ1v) is 10.6. The zero-order valence-electron chi connectivity index (χ0n) is 17.8. The molecule has 32 heavy (non-hydrogen) atoms. The quantitative estimate of drug-likeness (QED) is 0.528. The molecule has 0 saturated heterocycles. The van der Waals surface area contributed by atoms with Crippen LogP contribution in [0.2, 0.25) is 0 Å². The zero-order valence-corrected chi connectivity index (χ0v) is 18.6. The summed E-state index contributed by atoms with van der Waals surface area (Å²) in [5, 5.41) is 12.2. The number of alkyl halides is 3. The molecular weight excluding hydrogens is 441 g/mol. The first kappa shape index (κ1) is 23.7. The molecule has 0 fully saturated rings. The van der Waals surface area contributed by atoms with Crippen LogP contribution in [-0.4, -0.2) is 41.5 Å². The summed E-state index contributed by atoms with van der Waals surface area (Å²) in [6.45, 7) is 2.25. The number of hydrogen-bond donors (Lipinski definition) is 1. The van der Waals surface area contributed by atoms with Crippen LogP contribution in [0.3, 0.4) is 0 Å². The lowest BCUT2D eigenvalue weighted by Crippen LogP contribution is -2.27. The number of ether oxygens (including phenoxy) is 1. The molecular formula is C22H23F3N4O2S. The van der Waals surface area contributed by atoms with Crippen molar-refractivity contribution in [2.24, 2.45) is 0 Å². The summed E-state index contributed by atoms with van der Waals surface area (Å²) in [4.78, 5) is 13.8. The highest BCUT2D eigenvalue weighted by molar-refractivity contribution is 7.14. The van der Waals surface area contributed by atoms with E-state index in [1.165, 1.54) is 42.0 Å². The van der Waals surface area contributed by atoms with E-state index in [9.17, 15) is 18.0 Å². The summed E-state index contributed by atoms with van der Waals surface area (Å²) in [6, 6.07) is 13.3. The number of carbonyl (C=O) groups excluding carboxylic acids is 1. The minimum absolute atomic E-state index is 0.212.